The normalized spacial score (nSPS) is 17.8. The first-order chi connectivity index (χ1) is 8.47. The SMILES string of the molecule is FC(F)(F)c1ccc(NN2CCCCC2)cc1Br. The van der Waals surface area contributed by atoms with E-state index in [9.17, 15) is 13.2 Å². The van der Waals surface area contributed by atoms with Crippen LogP contribution in [0.5, 0.6) is 0 Å². The van der Waals surface area contributed by atoms with E-state index >= 15 is 0 Å². The third-order valence-corrected chi connectivity index (χ3v) is 3.57. The van der Waals surface area contributed by atoms with Gasteiger partial charge in [-0.25, -0.2) is 5.01 Å². The van der Waals surface area contributed by atoms with Crippen molar-refractivity contribution >= 4 is 21.6 Å². The first kappa shape index (κ1) is 13.7. The Morgan fingerprint density at radius 2 is 1.78 bits per heavy atom. The highest BCUT2D eigenvalue weighted by Crippen LogP contribution is 2.36. The zero-order chi connectivity index (χ0) is 13.2. The fraction of sp³-hybridized carbons (Fsp3) is 0.500. The van der Waals surface area contributed by atoms with Crippen molar-refractivity contribution in [3.8, 4) is 0 Å². The predicted octanol–water partition coefficient (Wildman–Crippen LogP) is 4.28. The highest BCUT2D eigenvalue weighted by atomic mass is 79.9. The van der Waals surface area contributed by atoms with Crippen LogP contribution in [0.1, 0.15) is 24.8 Å². The van der Waals surface area contributed by atoms with Gasteiger partial charge in [-0.2, -0.15) is 13.2 Å². The number of hydrazine groups is 1. The lowest BCUT2D eigenvalue weighted by Crippen LogP contribution is -2.34. The molecular formula is C12H14BrF3N2. The van der Waals surface area contributed by atoms with E-state index in [2.05, 4.69) is 21.4 Å². The third-order valence-electron chi connectivity index (χ3n) is 2.92. The summed E-state index contributed by atoms with van der Waals surface area (Å²) in [7, 11) is 0. The minimum Gasteiger partial charge on any atom is -0.319 e. The number of anilines is 1. The number of nitrogens with zero attached hydrogens (tertiary/aromatic N) is 1. The van der Waals surface area contributed by atoms with Crippen LogP contribution in [0.3, 0.4) is 0 Å². The second-order valence-corrected chi connectivity index (χ2v) is 5.21. The van der Waals surface area contributed by atoms with Crippen LogP contribution in [0.25, 0.3) is 0 Å². The van der Waals surface area contributed by atoms with Gasteiger partial charge < -0.3 is 5.43 Å². The molecule has 1 fully saturated rings. The average molecular weight is 323 g/mol. The Labute approximate surface area is 112 Å². The first-order valence-corrected chi connectivity index (χ1v) is 6.64. The monoisotopic (exact) mass is 322 g/mol. The number of benzene rings is 1. The minimum atomic E-state index is -4.32. The standard InChI is InChI=1S/C12H14BrF3N2/c13-11-8-9(4-5-10(11)12(14,15)16)17-18-6-2-1-3-7-18/h4-5,8,17H,1-3,6-7H2. The molecule has 1 aliphatic heterocycles. The summed E-state index contributed by atoms with van der Waals surface area (Å²) in [5.41, 5.74) is 3.17. The molecule has 0 atom stereocenters. The van der Waals surface area contributed by atoms with Crippen molar-refractivity contribution < 1.29 is 13.2 Å². The van der Waals surface area contributed by atoms with Crippen molar-refractivity contribution in [1.29, 1.82) is 0 Å². The molecule has 0 aromatic heterocycles. The van der Waals surface area contributed by atoms with E-state index in [0.29, 0.717) is 5.69 Å². The summed E-state index contributed by atoms with van der Waals surface area (Å²) in [4.78, 5) is 0. The third kappa shape index (κ3) is 3.38. The highest BCUT2D eigenvalue weighted by Gasteiger charge is 2.32. The lowest BCUT2D eigenvalue weighted by molar-refractivity contribution is -0.138. The van der Waals surface area contributed by atoms with Crippen LogP contribution in [0.2, 0.25) is 0 Å². The van der Waals surface area contributed by atoms with Gasteiger partial charge in [0.15, 0.2) is 0 Å². The number of halogens is 4. The van der Waals surface area contributed by atoms with Crippen LogP contribution in [0.15, 0.2) is 22.7 Å². The Balaban J connectivity index is 2.08. The van der Waals surface area contributed by atoms with Crippen LogP contribution in [-0.2, 0) is 6.18 Å². The molecule has 1 aromatic rings. The van der Waals surface area contributed by atoms with Crippen LogP contribution in [-0.4, -0.2) is 18.1 Å². The number of rotatable bonds is 2. The molecule has 100 valence electrons. The molecule has 1 aromatic carbocycles. The van der Waals surface area contributed by atoms with Gasteiger partial charge in [0.2, 0.25) is 0 Å². The van der Waals surface area contributed by atoms with Crippen molar-refractivity contribution in [1.82, 2.24) is 5.01 Å². The summed E-state index contributed by atoms with van der Waals surface area (Å²) in [6.07, 6.45) is -0.860. The molecule has 0 aliphatic carbocycles. The Morgan fingerprint density at radius 3 is 2.33 bits per heavy atom. The summed E-state index contributed by atoms with van der Waals surface area (Å²) in [6, 6.07) is 4.02. The van der Waals surface area contributed by atoms with Crippen LogP contribution in [0.4, 0.5) is 18.9 Å². The zero-order valence-electron chi connectivity index (χ0n) is 9.73. The molecule has 2 nitrogen and oxygen atoms in total. The zero-order valence-corrected chi connectivity index (χ0v) is 11.3. The molecule has 1 aliphatic rings. The molecule has 6 heteroatoms. The van der Waals surface area contributed by atoms with Crippen LogP contribution in [0, 0.1) is 0 Å². The molecule has 0 spiro atoms. The maximum Gasteiger partial charge on any atom is 0.417 e. The lowest BCUT2D eigenvalue weighted by Gasteiger charge is -2.28. The molecule has 0 radical (unpaired) electrons. The van der Waals surface area contributed by atoms with Crippen LogP contribution >= 0.6 is 15.9 Å². The summed E-state index contributed by atoms with van der Waals surface area (Å²) in [5, 5.41) is 2.04. The fourth-order valence-electron chi connectivity index (χ4n) is 2.00. The quantitative estimate of drug-likeness (QED) is 0.874. The molecule has 0 saturated carbocycles. The molecule has 0 unspecified atom stereocenters. The van der Waals surface area contributed by atoms with E-state index < -0.39 is 11.7 Å². The van der Waals surface area contributed by atoms with Crippen LogP contribution < -0.4 is 5.43 Å². The van der Waals surface area contributed by atoms with E-state index in [1.807, 2.05) is 5.01 Å². The summed E-state index contributed by atoms with van der Waals surface area (Å²) >= 11 is 2.97. The molecule has 1 saturated heterocycles. The van der Waals surface area contributed by atoms with Gasteiger partial charge in [-0.15, -0.1) is 0 Å². The molecule has 1 heterocycles. The number of nitrogens with one attached hydrogen (secondary N) is 1. The topological polar surface area (TPSA) is 15.3 Å². The van der Waals surface area contributed by atoms with Gasteiger partial charge in [-0.05, 0) is 31.0 Å². The van der Waals surface area contributed by atoms with Gasteiger partial charge in [0, 0.05) is 17.6 Å². The Bertz CT molecular complexity index is 414. The summed E-state index contributed by atoms with van der Waals surface area (Å²) in [5.74, 6) is 0. The smallest absolute Gasteiger partial charge is 0.319 e. The molecule has 0 amide bonds. The molecule has 18 heavy (non-hydrogen) atoms. The molecule has 2 rings (SSSR count). The summed E-state index contributed by atoms with van der Waals surface area (Å²) < 4.78 is 37.8. The predicted molar refractivity (Wildman–Crippen MR) is 68.2 cm³/mol. The maximum absolute atomic E-state index is 12.6. The molecule has 0 bridgehead atoms. The number of hydrogen-bond acceptors (Lipinski definition) is 2. The highest BCUT2D eigenvalue weighted by molar-refractivity contribution is 9.10. The van der Waals surface area contributed by atoms with E-state index in [4.69, 9.17) is 0 Å². The van der Waals surface area contributed by atoms with Crippen molar-refractivity contribution in [3.05, 3.63) is 28.2 Å². The van der Waals surface area contributed by atoms with Gasteiger partial charge >= 0.3 is 6.18 Å². The summed E-state index contributed by atoms with van der Waals surface area (Å²) in [6.45, 7) is 1.86. The van der Waals surface area contributed by atoms with Gasteiger partial charge in [0.05, 0.1) is 11.3 Å². The molecule has 1 N–H and O–H groups in total. The number of piperidine rings is 1. The second kappa shape index (κ2) is 5.48. The first-order valence-electron chi connectivity index (χ1n) is 5.85. The Hall–Kier alpha value is -0.750. The van der Waals surface area contributed by atoms with E-state index in [0.717, 1.165) is 32.0 Å². The van der Waals surface area contributed by atoms with Crippen molar-refractivity contribution in [2.24, 2.45) is 0 Å². The van der Waals surface area contributed by atoms with Crippen molar-refractivity contribution in [2.75, 3.05) is 18.5 Å². The minimum absolute atomic E-state index is 0.0667. The number of alkyl halides is 3. The Kier molecular flexibility index (Phi) is 4.17. The van der Waals surface area contributed by atoms with Gasteiger partial charge in [0.25, 0.3) is 0 Å². The van der Waals surface area contributed by atoms with Gasteiger partial charge in [-0.1, -0.05) is 22.4 Å². The van der Waals surface area contributed by atoms with E-state index in [1.54, 1.807) is 0 Å². The molecular weight excluding hydrogens is 309 g/mol. The fourth-order valence-corrected chi connectivity index (χ4v) is 2.61. The largest absolute Gasteiger partial charge is 0.417 e. The van der Waals surface area contributed by atoms with Crippen molar-refractivity contribution in [2.45, 2.75) is 25.4 Å². The Morgan fingerprint density at radius 1 is 1.11 bits per heavy atom. The maximum atomic E-state index is 12.6. The average Bonchev–Trinajstić information content (AvgIpc) is 2.28. The lowest BCUT2D eigenvalue weighted by atomic mass is 10.1. The number of hydrogen-bond donors (Lipinski definition) is 1. The van der Waals surface area contributed by atoms with Gasteiger partial charge in [0.1, 0.15) is 0 Å². The van der Waals surface area contributed by atoms with E-state index in [1.165, 1.54) is 18.6 Å². The van der Waals surface area contributed by atoms with Gasteiger partial charge in [-0.3, -0.25) is 0 Å². The van der Waals surface area contributed by atoms with E-state index in [-0.39, 0.29) is 4.47 Å². The second-order valence-electron chi connectivity index (χ2n) is 4.35. The van der Waals surface area contributed by atoms with Crippen molar-refractivity contribution in [3.63, 3.8) is 0 Å².